The van der Waals surface area contributed by atoms with E-state index in [-0.39, 0.29) is 0 Å². The Labute approximate surface area is 109 Å². The summed E-state index contributed by atoms with van der Waals surface area (Å²) in [7, 11) is 0. The molecule has 0 radical (unpaired) electrons. The molecule has 1 aromatic heterocycles. The highest BCUT2D eigenvalue weighted by Crippen LogP contribution is 2.19. The molecule has 1 aliphatic carbocycles. The summed E-state index contributed by atoms with van der Waals surface area (Å²) in [4.78, 5) is 0. The predicted octanol–water partition coefficient (Wildman–Crippen LogP) is 2.88. The molecule has 0 unspecified atom stereocenters. The third kappa shape index (κ3) is 4.42. The average molecular weight is 252 g/mol. The van der Waals surface area contributed by atoms with Gasteiger partial charge in [-0.3, -0.25) is 0 Å². The summed E-state index contributed by atoms with van der Waals surface area (Å²) in [6, 6.07) is 2.69. The Bertz CT molecular complexity index is 343. The third-order valence-electron chi connectivity index (χ3n) is 3.51. The molecule has 0 aromatic carbocycles. The molecule has 0 saturated heterocycles. The van der Waals surface area contributed by atoms with Gasteiger partial charge in [0.05, 0.1) is 5.69 Å². The molecule has 0 atom stereocenters. The van der Waals surface area contributed by atoms with E-state index < -0.39 is 0 Å². The molecule has 0 amide bonds. The summed E-state index contributed by atoms with van der Waals surface area (Å²) >= 11 is 0. The van der Waals surface area contributed by atoms with Gasteiger partial charge in [-0.2, -0.15) is 0 Å². The first-order valence-corrected chi connectivity index (χ1v) is 7.07. The summed E-state index contributed by atoms with van der Waals surface area (Å²) in [6.45, 7) is 6.55. The van der Waals surface area contributed by atoms with Crippen molar-refractivity contribution in [2.45, 2.75) is 58.7 Å². The highest BCUT2D eigenvalue weighted by atomic mass is 16.5. The first kappa shape index (κ1) is 13.6. The summed E-state index contributed by atoms with van der Waals surface area (Å²) < 4.78 is 10.9. The van der Waals surface area contributed by atoms with Crippen LogP contribution in [0, 0.1) is 5.92 Å². The molecule has 1 heterocycles. The number of hydrogen-bond donors (Lipinski definition) is 1. The number of ether oxygens (including phenoxy) is 1. The number of rotatable bonds is 9. The molecule has 0 aliphatic heterocycles. The van der Waals surface area contributed by atoms with Crippen LogP contribution in [0.5, 0.6) is 0 Å². The molecule has 1 saturated carbocycles. The van der Waals surface area contributed by atoms with Crippen LogP contribution in [-0.4, -0.2) is 17.8 Å². The van der Waals surface area contributed by atoms with Crippen molar-refractivity contribution in [2.24, 2.45) is 5.92 Å². The lowest BCUT2D eigenvalue weighted by atomic mass is 10.1. The second-order valence-corrected chi connectivity index (χ2v) is 5.14. The van der Waals surface area contributed by atoms with Crippen molar-refractivity contribution in [2.75, 3.05) is 6.61 Å². The SMILES string of the molecule is CCC(CC)COCc1cc(CNC2CC2)no1. The van der Waals surface area contributed by atoms with Gasteiger partial charge in [-0.25, -0.2) is 0 Å². The van der Waals surface area contributed by atoms with Gasteiger partial charge < -0.3 is 14.6 Å². The fraction of sp³-hybridized carbons (Fsp3) is 0.786. The maximum absolute atomic E-state index is 5.66. The van der Waals surface area contributed by atoms with Crippen LogP contribution in [0.3, 0.4) is 0 Å². The molecule has 0 bridgehead atoms. The van der Waals surface area contributed by atoms with E-state index >= 15 is 0 Å². The molecule has 4 heteroatoms. The maximum atomic E-state index is 5.66. The zero-order chi connectivity index (χ0) is 12.8. The molecule has 0 spiro atoms. The van der Waals surface area contributed by atoms with Crippen molar-refractivity contribution in [3.8, 4) is 0 Å². The van der Waals surface area contributed by atoms with Gasteiger partial charge in [0.15, 0.2) is 5.76 Å². The van der Waals surface area contributed by atoms with Crippen LogP contribution >= 0.6 is 0 Å². The minimum Gasteiger partial charge on any atom is -0.373 e. The van der Waals surface area contributed by atoms with Crippen LogP contribution in [-0.2, 0) is 17.9 Å². The minimum atomic E-state index is 0.535. The van der Waals surface area contributed by atoms with Crippen molar-refractivity contribution >= 4 is 0 Å². The van der Waals surface area contributed by atoms with Crippen molar-refractivity contribution < 1.29 is 9.26 Å². The molecule has 1 N–H and O–H groups in total. The molecule has 102 valence electrons. The van der Waals surface area contributed by atoms with E-state index in [0.717, 1.165) is 24.6 Å². The van der Waals surface area contributed by atoms with Gasteiger partial charge >= 0.3 is 0 Å². The molecule has 18 heavy (non-hydrogen) atoms. The molecular formula is C14H24N2O2. The zero-order valence-corrected chi connectivity index (χ0v) is 11.4. The monoisotopic (exact) mass is 252 g/mol. The Balaban J connectivity index is 1.65. The van der Waals surface area contributed by atoms with E-state index in [1.165, 1.54) is 25.7 Å². The normalized spacial score (nSPS) is 15.5. The van der Waals surface area contributed by atoms with Crippen LogP contribution in [0.4, 0.5) is 0 Å². The Morgan fingerprint density at radius 2 is 2.22 bits per heavy atom. The topological polar surface area (TPSA) is 47.3 Å². The van der Waals surface area contributed by atoms with E-state index in [4.69, 9.17) is 9.26 Å². The number of nitrogens with one attached hydrogen (secondary N) is 1. The van der Waals surface area contributed by atoms with E-state index in [1.54, 1.807) is 0 Å². The summed E-state index contributed by atoms with van der Waals surface area (Å²) in [5, 5.41) is 7.45. The van der Waals surface area contributed by atoms with Gasteiger partial charge in [0.1, 0.15) is 6.61 Å². The Hall–Kier alpha value is -0.870. The van der Waals surface area contributed by atoms with Gasteiger partial charge in [0.25, 0.3) is 0 Å². The largest absolute Gasteiger partial charge is 0.373 e. The smallest absolute Gasteiger partial charge is 0.162 e. The number of hydrogen-bond acceptors (Lipinski definition) is 4. The van der Waals surface area contributed by atoms with Crippen molar-refractivity contribution in [1.29, 1.82) is 0 Å². The lowest BCUT2D eigenvalue weighted by molar-refractivity contribution is 0.0695. The lowest BCUT2D eigenvalue weighted by Crippen LogP contribution is -2.15. The quantitative estimate of drug-likeness (QED) is 0.734. The minimum absolute atomic E-state index is 0.535. The third-order valence-corrected chi connectivity index (χ3v) is 3.51. The second-order valence-electron chi connectivity index (χ2n) is 5.14. The van der Waals surface area contributed by atoms with Crippen LogP contribution in [0.25, 0.3) is 0 Å². The first-order valence-electron chi connectivity index (χ1n) is 7.07. The van der Waals surface area contributed by atoms with E-state index in [9.17, 15) is 0 Å². The average Bonchev–Trinajstić information content (AvgIpc) is 3.12. The van der Waals surface area contributed by atoms with Gasteiger partial charge in [0, 0.05) is 25.3 Å². The fourth-order valence-corrected chi connectivity index (χ4v) is 1.89. The Morgan fingerprint density at radius 3 is 2.89 bits per heavy atom. The maximum Gasteiger partial charge on any atom is 0.162 e. The molecular weight excluding hydrogens is 228 g/mol. The van der Waals surface area contributed by atoms with Gasteiger partial charge in [-0.15, -0.1) is 0 Å². The first-order chi connectivity index (χ1) is 8.81. The molecule has 1 fully saturated rings. The Kier molecular flexibility index (Phi) is 5.20. The van der Waals surface area contributed by atoms with Crippen LogP contribution in [0.2, 0.25) is 0 Å². The van der Waals surface area contributed by atoms with Crippen molar-refractivity contribution in [3.63, 3.8) is 0 Å². The summed E-state index contributed by atoms with van der Waals surface area (Å²) in [5.74, 6) is 1.48. The Morgan fingerprint density at radius 1 is 1.44 bits per heavy atom. The summed E-state index contributed by atoms with van der Waals surface area (Å²) in [5.41, 5.74) is 0.975. The van der Waals surface area contributed by atoms with Crippen LogP contribution < -0.4 is 5.32 Å². The van der Waals surface area contributed by atoms with Crippen LogP contribution in [0.15, 0.2) is 10.6 Å². The molecule has 2 rings (SSSR count). The fourth-order valence-electron chi connectivity index (χ4n) is 1.89. The van der Waals surface area contributed by atoms with E-state index in [2.05, 4.69) is 24.3 Å². The zero-order valence-electron chi connectivity index (χ0n) is 11.4. The standard InChI is InChI=1S/C14H24N2O2/c1-3-11(4-2)9-17-10-14-7-13(16-18-14)8-15-12-5-6-12/h7,11-12,15H,3-6,8-10H2,1-2H3. The highest BCUT2D eigenvalue weighted by Gasteiger charge is 2.20. The van der Waals surface area contributed by atoms with Crippen molar-refractivity contribution in [1.82, 2.24) is 10.5 Å². The predicted molar refractivity (Wildman–Crippen MR) is 70.1 cm³/mol. The second kappa shape index (κ2) is 6.90. The highest BCUT2D eigenvalue weighted by molar-refractivity contribution is 5.04. The lowest BCUT2D eigenvalue weighted by Gasteiger charge is -2.11. The van der Waals surface area contributed by atoms with Gasteiger partial charge in [0.2, 0.25) is 0 Å². The van der Waals surface area contributed by atoms with E-state index in [0.29, 0.717) is 18.6 Å². The molecule has 4 nitrogen and oxygen atoms in total. The van der Waals surface area contributed by atoms with Crippen LogP contribution in [0.1, 0.15) is 51.0 Å². The number of nitrogens with zero attached hydrogens (tertiary/aromatic N) is 1. The molecule has 1 aliphatic rings. The van der Waals surface area contributed by atoms with Gasteiger partial charge in [-0.1, -0.05) is 31.8 Å². The summed E-state index contributed by atoms with van der Waals surface area (Å²) in [6.07, 6.45) is 4.93. The van der Waals surface area contributed by atoms with Gasteiger partial charge in [-0.05, 0) is 18.8 Å². The molecule has 1 aromatic rings. The number of aromatic nitrogens is 1. The van der Waals surface area contributed by atoms with E-state index in [1.807, 2.05) is 6.07 Å². The van der Waals surface area contributed by atoms with Crippen molar-refractivity contribution in [3.05, 3.63) is 17.5 Å².